The lowest BCUT2D eigenvalue weighted by Gasteiger charge is -2.20. The van der Waals surface area contributed by atoms with Crippen molar-refractivity contribution in [2.24, 2.45) is 0 Å². The summed E-state index contributed by atoms with van der Waals surface area (Å²) in [5.74, 6) is -0.571. The molecule has 0 saturated carbocycles. The molecule has 0 amide bonds. The van der Waals surface area contributed by atoms with Gasteiger partial charge in [-0.2, -0.15) is 4.89 Å². The van der Waals surface area contributed by atoms with Gasteiger partial charge in [-0.15, -0.1) is 0 Å². The number of carbonyl (C=O) groups excluding carboxylic acids is 1. The van der Waals surface area contributed by atoms with E-state index in [9.17, 15) is 4.79 Å². The summed E-state index contributed by atoms with van der Waals surface area (Å²) in [6, 6.07) is 8.60. The minimum absolute atomic E-state index is 0.421. The topological polar surface area (TPSA) is 44.8 Å². The van der Waals surface area contributed by atoms with Crippen molar-refractivity contribution in [1.82, 2.24) is 0 Å². The van der Waals surface area contributed by atoms with Crippen LogP contribution in [0.5, 0.6) is 0 Å². The van der Waals surface area contributed by atoms with Crippen molar-refractivity contribution in [2.45, 2.75) is 39.2 Å². The summed E-state index contributed by atoms with van der Waals surface area (Å²) < 4.78 is 0. The van der Waals surface area contributed by atoms with Crippen LogP contribution in [0.3, 0.4) is 0 Å². The zero-order valence-corrected chi connectivity index (χ0v) is 10.4. The van der Waals surface area contributed by atoms with Gasteiger partial charge in [0.1, 0.15) is 5.60 Å². The van der Waals surface area contributed by atoms with Gasteiger partial charge >= 0.3 is 5.97 Å². The standard InChI is InChI=1S/C13H18O4/c1-4-10-13(2,3)16-17-15-12(14)11-8-6-5-7-9-11/h5-9H,4,10H2,1-3H3. The minimum Gasteiger partial charge on any atom is -0.263 e. The van der Waals surface area contributed by atoms with E-state index in [2.05, 4.69) is 9.93 Å². The Balaban J connectivity index is 2.35. The van der Waals surface area contributed by atoms with Gasteiger partial charge in [0.05, 0.1) is 5.56 Å². The van der Waals surface area contributed by atoms with Crippen molar-refractivity contribution in [3.05, 3.63) is 35.9 Å². The van der Waals surface area contributed by atoms with Gasteiger partial charge in [-0.25, -0.2) is 4.79 Å². The highest BCUT2D eigenvalue weighted by Crippen LogP contribution is 2.17. The Labute approximate surface area is 101 Å². The summed E-state index contributed by atoms with van der Waals surface area (Å²) >= 11 is 0. The Morgan fingerprint density at radius 2 is 1.88 bits per heavy atom. The van der Waals surface area contributed by atoms with E-state index in [4.69, 9.17) is 4.89 Å². The molecule has 4 heteroatoms. The Bertz CT molecular complexity index is 346. The van der Waals surface area contributed by atoms with Crippen molar-refractivity contribution in [3.8, 4) is 0 Å². The molecule has 0 aliphatic carbocycles. The highest BCUT2D eigenvalue weighted by Gasteiger charge is 2.20. The van der Waals surface area contributed by atoms with E-state index in [1.807, 2.05) is 26.8 Å². The number of hydrogen-bond acceptors (Lipinski definition) is 4. The summed E-state index contributed by atoms with van der Waals surface area (Å²) in [4.78, 5) is 21.0. The molecule has 0 aliphatic rings. The molecular weight excluding hydrogens is 220 g/mol. The zero-order valence-electron chi connectivity index (χ0n) is 10.4. The normalized spacial score (nSPS) is 11.2. The first kappa shape index (κ1) is 13.7. The Morgan fingerprint density at radius 3 is 2.47 bits per heavy atom. The van der Waals surface area contributed by atoms with E-state index in [0.29, 0.717) is 5.56 Å². The lowest BCUT2D eigenvalue weighted by Crippen LogP contribution is -2.25. The summed E-state index contributed by atoms with van der Waals surface area (Å²) in [5.41, 5.74) is -0.0458. The lowest BCUT2D eigenvalue weighted by atomic mass is 10.0. The fraction of sp³-hybridized carbons (Fsp3) is 0.462. The number of hydrogen-bond donors (Lipinski definition) is 0. The van der Waals surface area contributed by atoms with Crippen LogP contribution in [0.25, 0.3) is 0 Å². The molecule has 0 aromatic heterocycles. The van der Waals surface area contributed by atoms with Gasteiger partial charge in [-0.05, 0) is 37.4 Å². The van der Waals surface area contributed by atoms with E-state index in [1.165, 1.54) is 0 Å². The van der Waals surface area contributed by atoms with E-state index in [-0.39, 0.29) is 0 Å². The molecule has 0 heterocycles. The Morgan fingerprint density at radius 1 is 1.24 bits per heavy atom. The number of benzene rings is 1. The second-order valence-electron chi connectivity index (χ2n) is 4.40. The summed E-state index contributed by atoms with van der Waals surface area (Å²) in [7, 11) is 0. The van der Waals surface area contributed by atoms with Crippen LogP contribution in [0, 0.1) is 0 Å². The van der Waals surface area contributed by atoms with Gasteiger partial charge < -0.3 is 0 Å². The van der Waals surface area contributed by atoms with Crippen molar-refractivity contribution in [3.63, 3.8) is 0 Å². The van der Waals surface area contributed by atoms with Crippen molar-refractivity contribution >= 4 is 5.97 Å². The van der Waals surface area contributed by atoms with Crippen LogP contribution >= 0.6 is 0 Å². The van der Waals surface area contributed by atoms with Crippen LogP contribution < -0.4 is 0 Å². The molecule has 94 valence electrons. The average molecular weight is 238 g/mol. The molecule has 0 unspecified atom stereocenters. The number of carbonyl (C=O) groups is 1. The molecule has 0 saturated heterocycles. The molecular formula is C13H18O4. The van der Waals surface area contributed by atoms with Crippen LogP contribution in [0.1, 0.15) is 44.0 Å². The van der Waals surface area contributed by atoms with E-state index >= 15 is 0 Å². The van der Waals surface area contributed by atoms with Crippen LogP contribution in [-0.4, -0.2) is 11.6 Å². The molecule has 0 bridgehead atoms. The van der Waals surface area contributed by atoms with Crippen molar-refractivity contribution in [1.29, 1.82) is 0 Å². The van der Waals surface area contributed by atoms with E-state index < -0.39 is 11.6 Å². The minimum atomic E-state index is -0.571. The molecule has 0 radical (unpaired) electrons. The highest BCUT2D eigenvalue weighted by atomic mass is 17.5. The Kier molecular flexibility index (Phi) is 5.12. The number of rotatable bonds is 6. The molecule has 0 spiro atoms. The first-order chi connectivity index (χ1) is 8.05. The third-order valence-electron chi connectivity index (χ3n) is 2.23. The van der Waals surface area contributed by atoms with Crippen molar-refractivity contribution < 1.29 is 19.6 Å². The van der Waals surface area contributed by atoms with E-state index in [0.717, 1.165) is 12.8 Å². The molecule has 0 atom stereocenters. The van der Waals surface area contributed by atoms with Gasteiger partial charge in [0.15, 0.2) is 0 Å². The molecule has 1 aromatic rings. The van der Waals surface area contributed by atoms with Gasteiger partial charge in [-0.3, -0.25) is 4.89 Å². The molecule has 0 aliphatic heterocycles. The van der Waals surface area contributed by atoms with E-state index in [1.54, 1.807) is 24.3 Å². The maximum absolute atomic E-state index is 11.5. The second kappa shape index (κ2) is 6.37. The molecule has 4 nitrogen and oxygen atoms in total. The average Bonchev–Trinajstić information content (AvgIpc) is 2.29. The van der Waals surface area contributed by atoms with Crippen LogP contribution in [0.4, 0.5) is 0 Å². The van der Waals surface area contributed by atoms with Crippen LogP contribution in [-0.2, 0) is 14.8 Å². The van der Waals surface area contributed by atoms with Gasteiger partial charge in [-0.1, -0.05) is 31.5 Å². The summed E-state index contributed by atoms with van der Waals surface area (Å²) in [6.07, 6.45) is 1.78. The van der Waals surface area contributed by atoms with Crippen LogP contribution in [0.15, 0.2) is 30.3 Å². The van der Waals surface area contributed by atoms with Crippen LogP contribution in [0.2, 0.25) is 0 Å². The quantitative estimate of drug-likeness (QED) is 0.563. The zero-order chi connectivity index (χ0) is 12.7. The SMILES string of the molecule is CCCC(C)(C)OOOC(=O)c1ccccc1. The fourth-order valence-electron chi connectivity index (χ4n) is 1.41. The third kappa shape index (κ3) is 4.97. The first-order valence-electron chi connectivity index (χ1n) is 5.67. The predicted octanol–water partition coefficient (Wildman–Crippen LogP) is 3.29. The second-order valence-corrected chi connectivity index (χ2v) is 4.40. The monoisotopic (exact) mass is 238 g/mol. The Hall–Kier alpha value is -1.39. The molecule has 1 aromatic carbocycles. The predicted molar refractivity (Wildman–Crippen MR) is 63.0 cm³/mol. The first-order valence-corrected chi connectivity index (χ1v) is 5.67. The molecule has 1 rings (SSSR count). The summed E-state index contributed by atoms with van der Waals surface area (Å²) in [5, 5.41) is 4.52. The maximum atomic E-state index is 11.5. The largest absolute Gasteiger partial charge is 0.376 e. The van der Waals surface area contributed by atoms with Crippen molar-refractivity contribution in [2.75, 3.05) is 0 Å². The molecule has 0 fully saturated rings. The molecule has 0 N–H and O–H groups in total. The van der Waals surface area contributed by atoms with Gasteiger partial charge in [0, 0.05) is 0 Å². The fourth-order valence-corrected chi connectivity index (χ4v) is 1.41. The molecule has 17 heavy (non-hydrogen) atoms. The highest BCUT2D eigenvalue weighted by molar-refractivity contribution is 5.88. The lowest BCUT2D eigenvalue weighted by molar-refractivity contribution is -0.513. The van der Waals surface area contributed by atoms with Gasteiger partial charge in [0.25, 0.3) is 0 Å². The maximum Gasteiger partial charge on any atom is 0.376 e. The third-order valence-corrected chi connectivity index (χ3v) is 2.23. The summed E-state index contributed by atoms with van der Waals surface area (Å²) in [6.45, 7) is 5.78. The van der Waals surface area contributed by atoms with Gasteiger partial charge in [0.2, 0.25) is 0 Å². The smallest absolute Gasteiger partial charge is 0.263 e.